The highest BCUT2D eigenvalue weighted by atomic mass is 16.7. The van der Waals surface area contributed by atoms with Crippen molar-refractivity contribution in [2.75, 3.05) is 20.1 Å². The molecule has 0 aromatic rings. The Bertz CT molecular complexity index is 375. The lowest BCUT2D eigenvalue weighted by atomic mass is 9.77. The zero-order valence-electron chi connectivity index (χ0n) is 12.2. The summed E-state index contributed by atoms with van der Waals surface area (Å²) < 4.78 is 12.3. The van der Waals surface area contributed by atoms with Crippen molar-refractivity contribution >= 4 is 7.12 Å². The van der Waals surface area contributed by atoms with E-state index in [9.17, 15) is 0 Å². The standard InChI is InChI=1S/C14H24BNO2/c1-13(2)14(3,4)18-15(17-13)12-6-10-8-16(5)9-11(10)7-12/h6,10-11H,7-9H2,1-5H3. The second kappa shape index (κ2) is 3.84. The molecule has 2 atom stereocenters. The van der Waals surface area contributed by atoms with E-state index in [1.54, 1.807) is 0 Å². The van der Waals surface area contributed by atoms with Gasteiger partial charge in [-0.3, -0.25) is 0 Å². The van der Waals surface area contributed by atoms with Crippen molar-refractivity contribution in [3.05, 3.63) is 11.5 Å². The van der Waals surface area contributed by atoms with E-state index in [0.29, 0.717) is 5.92 Å². The maximum Gasteiger partial charge on any atom is 0.490 e. The Kier molecular flexibility index (Phi) is 2.71. The first-order chi connectivity index (χ1) is 8.28. The quantitative estimate of drug-likeness (QED) is 0.664. The van der Waals surface area contributed by atoms with Gasteiger partial charge in [-0.2, -0.15) is 0 Å². The van der Waals surface area contributed by atoms with Gasteiger partial charge in [0.15, 0.2) is 0 Å². The molecule has 0 aromatic carbocycles. The fourth-order valence-electron chi connectivity index (χ4n) is 3.34. The van der Waals surface area contributed by atoms with Crippen molar-refractivity contribution in [2.45, 2.75) is 45.3 Å². The predicted octanol–water partition coefficient (Wildman–Crippen LogP) is 2.13. The zero-order chi connectivity index (χ0) is 13.1. The Hall–Kier alpha value is -0.315. The maximum absolute atomic E-state index is 6.14. The van der Waals surface area contributed by atoms with Gasteiger partial charge >= 0.3 is 7.12 Å². The smallest absolute Gasteiger partial charge is 0.400 e. The SMILES string of the molecule is CN1CC2C=C(B3OC(C)(C)C(C)(C)O3)CC2C1. The van der Waals surface area contributed by atoms with Gasteiger partial charge in [0.25, 0.3) is 0 Å². The van der Waals surface area contributed by atoms with E-state index < -0.39 is 0 Å². The fourth-order valence-corrected chi connectivity index (χ4v) is 3.34. The molecule has 4 heteroatoms. The molecule has 2 fully saturated rings. The molecule has 0 amide bonds. The second-order valence-electron chi connectivity index (χ2n) is 7.18. The Morgan fingerprint density at radius 2 is 1.78 bits per heavy atom. The highest BCUT2D eigenvalue weighted by Crippen LogP contribution is 2.43. The zero-order valence-corrected chi connectivity index (χ0v) is 12.2. The van der Waals surface area contributed by atoms with Crippen LogP contribution in [0.2, 0.25) is 0 Å². The minimum absolute atomic E-state index is 0.120. The third-order valence-electron chi connectivity index (χ3n) is 5.16. The minimum Gasteiger partial charge on any atom is -0.400 e. The monoisotopic (exact) mass is 249 g/mol. The first-order valence-electron chi connectivity index (χ1n) is 7.03. The van der Waals surface area contributed by atoms with Crippen molar-refractivity contribution in [1.29, 1.82) is 0 Å². The van der Waals surface area contributed by atoms with Crippen molar-refractivity contribution in [2.24, 2.45) is 11.8 Å². The lowest BCUT2D eigenvalue weighted by molar-refractivity contribution is 0.00578. The number of fused-ring (bicyclic) bond motifs is 1. The molecule has 3 aliphatic rings. The first-order valence-corrected chi connectivity index (χ1v) is 7.03. The Labute approximate surface area is 111 Å². The van der Waals surface area contributed by atoms with Crippen molar-refractivity contribution < 1.29 is 9.31 Å². The van der Waals surface area contributed by atoms with Crippen LogP contribution >= 0.6 is 0 Å². The van der Waals surface area contributed by atoms with Gasteiger partial charge in [0.05, 0.1) is 11.2 Å². The minimum atomic E-state index is -0.215. The highest BCUT2D eigenvalue weighted by Gasteiger charge is 2.53. The van der Waals surface area contributed by atoms with Gasteiger partial charge in [-0.05, 0) is 58.5 Å². The fraction of sp³-hybridized carbons (Fsp3) is 0.857. The van der Waals surface area contributed by atoms with Crippen LogP contribution in [0.15, 0.2) is 11.5 Å². The molecular weight excluding hydrogens is 225 g/mol. The van der Waals surface area contributed by atoms with Gasteiger partial charge in [0.1, 0.15) is 0 Å². The number of rotatable bonds is 1. The van der Waals surface area contributed by atoms with E-state index in [0.717, 1.165) is 12.3 Å². The van der Waals surface area contributed by atoms with Gasteiger partial charge in [0.2, 0.25) is 0 Å². The number of hydrogen-bond acceptors (Lipinski definition) is 3. The number of allylic oxidation sites excluding steroid dienone is 1. The topological polar surface area (TPSA) is 21.7 Å². The van der Waals surface area contributed by atoms with Crippen molar-refractivity contribution in [3.8, 4) is 0 Å². The van der Waals surface area contributed by atoms with E-state index in [1.807, 2.05) is 0 Å². The Morgan fingerprint density at radius 1 is 1.17 bits per heavy atom. The average Bonchev–Trinajstić information content (AvgIpc) is 2.77. The summed E-state index contributed by atoms with van der Waals surface area (Å²) >= 11 is 0. The van der Waals surface area contributed by atoms with E-state index in [2.05, 4.69) is 45.7 Å². The largest absolute Gasteiger partial charge is 0.490 e. The highest BCUT2D eigenvalue weighted by molar-refractivity contribution is 6.54. The predicted molar refractivity (Wildman–Crippen MR) is 73.3 cm³/mol. The molecule has 0 aromatic heterocycles. The van der Waals surface area contributed by atoms with E-state index in [1.165, 1.54) is 18.6 Å². The maximum atomic E-state index is 6.14. The summed E-state index contributed by atoms with van der Waals surface area (Å²) in [5.74, 6) is 1.49. The summed E-state index contributed by atoms with van der Waals surface area (Å²) in [6.07, 6.45) is 3.56. The van der Waals surface area contributed by atoms with E-state index >= 15 is 0 Å². The first kappa shape index (κ1) is 12.7. The molecule has 0 saturated carbocycles. The normalized spacial score (nSPS) is 38.1. The van der Waals surface area contributed by atoms with Crippen LogP contribution in [0.3, 0.4) is 0 Å². The summed E-state index contributed by atoms with van der Waals surface area (Å²) in [7, 11) is 2.09. The molecule has 2 heterocycles. The van der Waals surface area contributed by atoms with Gasteiger partial charge < -0.3 is 14.2 Å². The molecule has 2 saturated heterocycles. The summed E-state index contributed by atoms with van der Waals surface area (Å²) in [5, 5.41) is 0. The molecule has 2 unspecified atom stereocenters. The third-order valence-corrected chi connectivity index (χ3v) is 5.16. The summed E-state index contributed by atoms with van der Waals surface area (Å²) in [6.45, 7) is 10.9. The molecule has 0 radical (unpaired) electrons. The van der Waals surface area contributed by atoms with Gasteiger partial charge in [-0.15, -0.1) is 0 Å². The molecule has 1 aliphatic carbocycles. The van der Waals surface area contributed by atoms with E-state index in [-0.39, 0.29) is 18.3 Å². The van der Waals surface area contributed by atoms with E-state index in [4.69, 9.17) is 9.31 Å². The van der Waals surface area contributed by atoms with Gasteiger partial charge in [-0.25, -0.2) is 0 Å². The molecule has 3 nitrogen and oxygen atoms in total. The summed E-state index contributed by atoms with van der Waals surface area (Å²) in [5.41, 5.74) is 0.941. The second-order valence-corrected chi connectivity index (χ2v) is 7.18. The Morgan fingerprint density at radius 3 is 2.33 bits per heavy atom. The van der Waals surface area contributed by atoms with Crippen LogP contribution in [0.1, 0.15) is 34.1 Å². The van der Waals surface area contributed by atoms with Crippen LogP contribution in [0.25, 0.3) is 0 Å². The van der Waals surface area contributed by atoms with Crippen LogP contribution in [-0.2, 0) is 9.31 Å². The molecule has 3 rings (SSSR count). The molecule has 0 bridgehead atoms. The van der Waals surface area contributed by atoms with Crippen molar-refractivity contribution in [1.82, 2.24) is 4.90 Å². The third kappa shape index (κ3) is 1.86. The number of likely N-dealkylation sites (tertiary alicyclic amines) is 1. The van der Waals surface area contributed by atoms with Gasteiger partial charge in [0, 0.05) is 13.1 Å². The molecule has 18 heavy (non-hydrogen) atoms. The molecule has 2 aliphatic heterocycles. The number of hydrogen-bond donors (Lipinski definition) is 0. The van der Waals surface area contributed by atoms with Gasteiger partial charge in [-0.1, -0.05) is 6.08 Å². The van der Waals surface area contributed by atoms with Crippen LogP contribution in [-0.4, -0.2) is 43.4 Å². The molecule has 0 spiro atoms. The van der Waals surface area contributed by atoms with Crippen molar-refractivity contribution in [3.63, 3.8) is 0 Å². The summed E-state index contributed by atoms with van der Waals surface area (Å²) in [4.78, 5) is 2.42. The van der Waals surface area contributed by atoms with Crippen LogP contribution in [0, 0.1) is 11.8 Å². The Balaban J connectivity index is 1.74. The lowest BCUT2D eigenvalue weighted by Gasteiger charge is -2.32. The van der Waals surface area contributed by atoms with Crippen LogP contribution < -0.4 is 0 Å². The average molecular weight is 249 g/mol. The molecule has 0 N–H and O–H groups in total. The molecule has 100 valence electrons. The van der Waals surface area contributed by atoms with Crippen LogP contribution in [0.4, 0.5) is 0 Å². The summed E-state index contributed by atoms with van der Waals surface area (Å²) in [6, 6.07) is 0. The lowest BCUT2D eigenvalue weighted by Crippen LogP contribution is -2.41. The molecular formula is C14H24BNO2. The van der Waals surface area contributed by atoms with Crippen LogP contribution in [0.5, 0.6) is 0 Å². The number of nitrogens with zero attached hydrogens (tertiary/aromatic N) is 1.